The average molecular weight is 535 g/mol. The van der Waals surface area contributed by atoms with Crippen LogP contribution in [0.25, 0.3) is 11.1 Å². The molecule has 0 aliphatic carbocycles. The Morgan fingerprint density at radius 3 is 2.24 bits per heavy atom. The number of carboxylic acids is 1. The number of rotatable bonds is 7. The monoisotopic (exact) mass is 534 g/mol. The number of nitrogens with zero attached hydrogens (tertiary/aromatic N) is 1. The van der Waals surface area contributed by atoms with Crippen molar-refractivity contribution in [3.05, 3.63) is 127 Å². The highest BCUT2D eigenvalue weighted by molar-refractivity contribution is 6.35. The molecule has 0 bridgehead atoms. The van der Waals surface area contributed by atoms with Crippen molar-refractivity contribution >= 4 is 34.9 Å². The van der Waals surface area contributed by atoms with Gasteiger partial charge in [0.05, 0.1) is 11.3 Å². The van der Waals surface area contributed by atoms with Gasteiger partial charge >= 0.3 is 5.97 Å². The fourth-order valence-corrected chi connectivity index (χ4v) is 4.92. The predicted octanol–water partition coefficient (Wildman–Crippen LogP) is 7.06. The van der Waals surface area contributed by atoms with E-state index >= 15 is 0 Å². The summed E-state index contributed by atoms with van der Waals surface area (Å²) in [5, 5.41) is 23.7. The van der Waals surface area contributed by atoms with Crippen molar-refractivity contribution in [3.63, 3.8) is 0 Å². The lowest BCUT2D eigenvalue weighted by atomic mass is 9.84. The summed E-state index contributed by atoms with van der Waals surface area (Å²) in [4.78, 5) is 25.8. The largest absolute Gasteiger partial charge is 0.478 e. The van der Waals surface area contributed by atoms with Gasteiger partial charge in [-0.25, -0.2) is 4.79 Å². The molecular weight excluding hydrogens is 511 g/mol. The molecule has 0 unspecified atom stereocenters. The van der Waals surface area contributed by atoms with Gasteiger partial charge in [-0.2, -0.15) is 0 Å². The molecule has 37 heavy (non-hydrogen) atoms. The van der Waals surface area contributed by atoms with Crippen LogP contribution in [0.3, 0.4) is 0 Å². The first kappa shape index (κ1) is 26.2. The van der Waals surface area contributed by atoms with Crippen LogP contribution in [0.5, 0.6) is 0 Å². The summed E-state index contributed by atoms with van der Waals surface area (Å²) in [6, 6.07) is 19.9. The maximum Gasteiger partial charge on any atom is 0.335 e. The van der Waals surface area contributed by atoms with Gasteiger partial charge in [-0.3, -0.25) is 4.79 Å². The molecule has 188 valence electrons. The number of aromatic amines is 1. The van der Waals surface area contributed by atoms with E-state index in [1.54, 1.807) is 43.3 Å². The third-order valence-electron chi connectivity index (χ3n) is 6.38. The number of benzene rings is 3. The van der Waals surface area contributed by atoms with E-state index in [0.29, 0.717) is 33.3 Å². The van der Waals surface area contributed by atoms with E-state index < -0.39 is 5.97 Å². The summed E-state index contributed by atoms with van der Waals surface area (Å²) >= 11 is 12.7. The topological polar surface area (TPSA) is 103 Å². The Kier molecular flexibility index (Phi) is 7.81. The molecule has 8 heteroatoms. The van der Waals surface area contributed by atoms with Gasteiger partial charge in [-0.1, -0.05) is 64.8 Å². The van der Waals surface area contributed by atoms with Crippen LogP contribution in [0, 0.1) is 13.8 Å². The minimum atomic E-state index is -0.966. The Balaban J connectivity index is 1.74. The van der Waals surface area contributed by atoms with E-state index in [2.05, 4.69) is 10.1 Å². The number of carbonyl (C=O) groups is 1. The zero-order chi connectivity index (χ0) is 26.7. The molecule has 1 atom stereocenters. The van der Waals surface area contributed by atoms with Crippen molar-refractivity contribution in [2.24, 2.45) is 5.16 Å². The second-order valence-electron chi connectivity index (χ2n) is 8.83. The first-order chi connectivity index (χ1) is 17.7. The summed E-state index contributed by atoms with van der Waals surface area (Å²) in [7, 11) is 0. The van der Waals surface area contributed by atoms with Crippen molar-refractivity contribution in [1.82, 2.24) is 4.98 Å². The van der Waals surface area contributed by atoms with Gasteiger partial charge in [-0.05, 0) is 72.0 Å². The highest BCUT2D eigenvalue weighted by Gasteiger charge is 2.22. The van der Waals surface area contributed by atoms with Crippen LogP contribution in [-0.2, 0) is 0 Å². The van der Waals surface area contributed by atoms with Crippen LogP contribution in [0.2, 0.25) is 10.0 Å². The van der Waals surface area contributed by atoms with E-state index in [-0.39, 0.29) is 17.0 Å². The van der Waals surface area contributed by atoms with Gasteiger partial charge in [0.15, 0.2) is 0 Å². The molecule has 3 N–H and O–H groups in total. The highest BCUT2D eigenvalue weighted by atomic mass is 35.5. The molecule has 1 aromatic heterocycles. The lowest BCUT2D eigenvalue weighted by Crippen LogP contribution is -2.15. The number of carboxylic acid groups (broad SMARTS) is 1. The molecule has 4 rings (SSSR count). The SMILES string of the molecule is Cc1cc(C(=O)O)ccc1-c1ccc([C@H](C/C(=N\O)c2c[nH]c(=O)c(C)c2)c2ccc(Cl)cc2Cl)cc1. The molecule has 0 aliphatic rings. The zero-order valence-electron chi connectivity index (χ0n) is 20.1. The molecule has 0 saturated carbocycles. The van der Waals surface area contributed by atoms with E-state index in [9.17, 15) is 19.9 Å². The minimum absolute atomic E-state index is 0.208. The third-order valence-corrected chi connectivity index (χ3v) is 6.94. The number of halogens is 2. The van der Waals surface area contributed by atoms with E-state index in [4.69, 9.17) is 23.2 Å². The van der Waals surface area contributed by atoms with Crippen molar-refractivity contribution in [2.75, 3.05) is 0 Å². The molecule has 3 aromatic carbocycles. The van der Waals surface area contributed by atoms with Crippen molar-refractivity contribution in [1.29, 1.82) is 0 Å². The molecular formula is C29H24Cl2N2O4. The van der Waals surface area contributed by atoms with E-state index in [1.165, 1.54) is 6.20 Å². The van der Waals surface area contributed by atoms with E-state index in [1.807, 2.05) is 37.3 Å². The minimum Gasteiger partial charge on any atom is -0.478 e. The summed E-state index contributed by atoms with van der Waals surface area (Å²) in [6.45, 7) is 3.57. The standard InChI is InChI=1S/C29H24Cl2N2O4/c1-16-11-20(29(35)36)7-9-23(16)18-3-5-19(6-4-18)25(24-10-8-22(30)13-26(24)31)14-27(33-37)21-12-17(2)28(34)32-15-21/h3-13,15,25,37H,14H2,1-2H3,(H,32,34)(H,35,36)/b33-27+/t25-/m0/s1. The first-order valence-corrected chi connectivity index (χ1v) is 12.2. The number of aromatic nitrogens is 1. The number of aryl methyl sites for hydroxylation is 2. The molecule has 0 saturated heterocycles. The number of nitrogens with one attached hydrogen (secondary N) is 1. The fourth-order valence-electron chi connectivity index (χ4n) is 4.38. The normalized spacial score (nSPS) is 12.4. The smallest absolute Gasteiger partial charge is 0.335 e. The van der Waals surface area contributed by atoms with Gasteiger partial charge < -0.3 is 15.3 Å². The van der Waals surface area contributed by atoms with E-state index in [0.717, 1.165) is 27.8 Å². The highest BCUT2D eigenvalue weighted by Crippen LogP contribution is 2.36. The molecule has 0 fully saturated rings. The second kappa shape index (κ2) is 11.0. The Hall–Kier alpha value is -3.87. The second-order valence-corrected chi connectivity index (χ2v) is 9.67. The Labute approximate surface area is 223 Å². The number of hydrogen-bond acceptors (Lipinski definition) is 4. The summed E-state index contributed by atoms with van der Waals surface area (Å²) in [6.07, 6.45) is 1.83. The maximum atomic E-state index is 11.8. The first-order valence-electron chi connectivity index (χ1n) is 11.5. The van der Waals surface area contributed by atoms with Gasteiger partial charge in [0.2, 0.25) is 0 Å². The van der Waals surface area contributed by atoms with Crippen LogP contribution >= 0.6 is 23.2 Å². The third kappa shape index (κ3) is 5.77. The van der Waals surface area contributed by atoms with Crippen LogP contribution in [0.4, 0.5) is 0 Å². The van der Waals surface area contributed by atoms with Gasteiger partial charge in [0.25, 0.3) is 5.56 Å². The van der Waals surface area contributed by atoms with Crippen molar-refractivity contribution in [3.8, 4) is 11.1 Å². The summed E-state index contributed by atoms with van der Waals surface area (Å²) < 4.78 is 0. The number of oxime groups is 1. The zero-order valence-corrected chi connectivity index (χ0v) is 21.6. The quantitative estimate of drug-likeness (QED) is 0.134. The van der Waals surface area contributed by atoms with Crippen molar-refractivity contribution in [2.45, 2.75) is 26.2 Å². The number of pyridine rings is 1. The van der Waals surface area contributed by atoms with Crippen LogP contribution in [0.1, 0.15) is 50.5 Å². The number of aromatic carboxylic acids is 1. The molecule has 0 radical (unpaired) electrons. The molecule has 1 heterocycles. The molecule has 6 nitrogen and oxygen atoms in total. The molecule has 0 amide bonds. The number of H-pyrrole nitrogens is 1. The van der Waals surface area contributed by atoms with Crippen LogP contribution in [-0.4, -0.2) is 27.0 Å². The molecule has 0 spiro atoms. The summed E-state index contributed by atoms with van der Waals surface area (Å²) in [5.41, 5.74) is 5.98. The summed E-state index contributed by atoms with van der Waals surface area (Å²) in [5.74, 6) is -1.25. The molecule has 0 aliphatic heterocycles. The average Bonchev–Trinajstić information content (AvgIpc) is 2.87. The molecule has 4 aromatic rings. The van der Waals surface area contributed by atoms with Crippen molar-refractivity contribution < 1.29 is 15.1 Å². The van der Waals surface area contributed by atoms with Gasteiger partial charge in [-0.15, -0.1) is 0 Å². The van der Waals surface area contributed by atoms with Gasteiger partial charge in [0, 0.05) is 39.7 Å². The Bertz CT molecular complexity index is 1560. The number of hydrogen-bond donors (Lipinski definition) is 3. The Morgan fingerprint density at radius 2 is 1.65 bits per heavy atom. The van der Waals surface area contributed by atoms with Crippen LogP contribution in [0.15, 0.2) is 82.9 Å². The lowest BCUT2D eigenvalue weighted by molar-refractivity contribution is 0.0697. The fraction of sp³-hybridized carbons (Fsp3) is 0.138. The lowest BCUT2D eigenvalue weighted by Gasteiger charge is -2.21. The van der Waals surface area contributed by atoms with Crippen LogP contribution < -0.4 is 5.56 Å². The Morgan fingerprint density at radius 1 is 0.946 bits per heavy atom. The predicted molar refractivity (Wildman–Crippen MR) is 147 cm³/mol. The van der Waals surface area contributed by atoms with Gasteiger partial charge in [0.1, 0.15) is 0 Å². The maximum absolute atomic E-state index is 11.8.